The van der Waals surface area contributed by atoms with E-state index in [1.807, 2.05) is 0 Å². The van der Waals surface area contributed by atoms with Crippen molar-refractivity contribution in [3.63, 3.8) is 0 Å². The van der Waals surface area contributed by atoms with E-state index in [1.165, 1.54) is 19.1 Å². The molecule has 1 aliphatic heterocycles. The highest BCUT2D eigenvalue weighted by Crippen LogP contribution is 2.18. The molecule has 1 aliphatic rings. The van der Waals surface area contributed by atoms with Crippen molar-refractivity contribution in [2.24, 2.45) is 0 Å². The fourth-order valence-electron chi connectivity index (χ4n) is 1.31. The average Bonchev–Trinajstić information content (AvgIpc) is 2.32. The Morgan fingerprint density at radius 1 is 1.43 bits per heavy atom. The van der Waals surface area contributed by atoms with Gasteiger partial charge in [0.1, 0.15) is 0 Å². The summed E-state index contributed by atoms with van der Waals surface area (Å²) >= 11 is 0. The standard InChI is InChI=1S/C10H11NO3/c1-4-8(7(3)12)11-9(13)5-6(2)10(11)14/h4-5H,1-3H3/b8-4-. The number of imide groups is 1. The maximum Gasteiger partial charge on any atom is 0.261 e. The summed E-state index contributed by atoms with van der Waals surface area (Å²) < 4.78 is 0. The lowest BCUT2D eigenvalue weighted by Crippen LogP contribution is -2.32. The van der Waals surface area contributed by atoms with Crippen molar-refractivity contribution >= 4 is 17.6 Å². The molecule has 14 heavy (non-hydrogen) atoms. The van der Waals surface area contributed by atoms with E-state index in [0.29, 0.717) is 5.57 Å². The maximum absolute atomic E-state index is 11.5. The Kier molecular flexibility index (Phi) is 2.65. The van der Waals surface area contributed by atoms with E-state index >= 15 is 0 Å². The summed E-state index contributed by atoms with van der Waals surface area (Å²) in [7, 11) is 0. The van der Waals surface area contributed by atoms with Crippen molar-refractivity contribution in [2.75, 3.05) is 0 Å². The van der Waals surface area contributed by atoms with E-state index in [2.05, 4.69) is 0 Å². The van der Waals surface area contributed by atoms with Crippen LogP contribution in [0.3, 0.4) is 0 Å². The van der Waals surface area contributed by atoms with Crippen molar-refractivity contribution in [2.45, 2.75) is 20.8 Å². The minimum absolute atomic E-state index is 0.133. The molecule has 0 spiro atoms. The van der Waals surface area contributed by atoms with Gasteiger partial charge in [-0.15, -0.1) is 0 Å². The highest BCUT2D eigenvalue weighted by molar-refractivity contribution is 6.20. The number of hydrogen-bond donors (Lipinski definition) is 0. The van der Waals surface area contributed by atoms with Crippen molar-refractivity contribution in [3.05, 3.63) is 23.4 Å². The topological polar surface area (TPSA) is 54.5 Å². The predicted molar refractivity (Wildman–Crippen MR) is 50.0 cm³/mol. The van der Waals surface area contributed by atoms with Gasteiger partial charge in [-0.1, -0.05) is 6.08 Å². The fourth-order valence-corrected chi connectivity index (χ4v) is 1.31. The van der Waals surface area contributed by atoms with Crippen LogP contribution in [0.2, 0.25) is 0 Å². The molecule has 0 fully saturated rings. The zero-order valence-corrected chi connectivity index (χ0v) is 8.33. The van der Waals surface area contributed by atoms with E-state index in [4.69, 9.17) is 0 Å². The van der Waals surface area contributed by atoms with Gasteiger partial charge in [-0.05, 0) is 13.8 Å². The third-order valence-electron chi connectivity index (χ3n) is 1.98. The molecule has 0 atom stereocenters. The smallest absolute Gasteiger partial charge is 0.261 e. The number of hydrogen-bond acceptors (Lipinski definition) is 3. The Morgan fingerprint density at radius 3 is 2.29 bits per heavy atom. The monoisotopic (exact) mass is 193 g/mol. The molecule has 1 heterocycles. The number of amides is 2. The summed E-state index contributed by atoms with van der Waals surface area (Å²) in [6.07, 6.45) is 2.69. The molecule has 4 heteroatoms. The lowest BCUT2D eigenvalue weighted by atomic mass is 10.2. The van der Waals surface area contributed by atoms with Gasteiger partial charge in [-0.25, -0.2) is 4.90 Å². The maximum atomic E-state index is 11.5. The molecule has 4 nitrogen and oxygen atoms in total. The first kappa shape index (κ1) is 10.4. The minimum Gasteiger partial charge on any atom is -0.293 e. The Labute approximate surface area is 81.9 Å². The van der Waals surface area contributed by atoms with E-state index in [-0.39, 0.29) is 11.5 Å². The van der Waals surface area contributed by atoms with Gasteiger partial charge >= 0.3 is 0 Å². The van der Waals surface area contributed by atoms with Gasteiger partial charge < -0.3 is 0 Å². The summed E-state index contributed by atoms with van der Waals surface area (Å²) in [5, 5.41) is 0. The number of carbonyl (C=O) groups excluding carboxylic acids is 3. The predicted octanol–water partition coefficient (Wildman–Crippen LogP) is 0.794. The zero-order valence-electron chi connectivity index (χ0n) is 8.33. The molecular weight excluding hydrogens is 182 g/mol. The number of ketones is 1. The zero-order chi connectivity index (χ0) is 10.9. The van der Waals surface area contributed by atoms with E-state index < -0.39 is 11.8 Å². The highest BCUT2D eigenvalue weighted by Gasteiger charge is 2.32. The summed E-state index contributed by atoms with van der Waals surface area (Å²) in [4.78, 5) is 34.8. The van der Waals surface area contributed by atoms with Crippen molar-refractivity contribution in [1.29, 1.82) is 0 Å². The van der Waals surface area contributed by atoms with Crippen LogP contribution in [-0.4, -0.2) is 22.5 Å². The SMILES string of the molecule is C/C=C(/C(C)=O)N1C(=O)C=C(C)C1=O. The summed E-state index contributed by atoms with van der Waals surface area (Å²) in [5.41, 5.74) is 0.490. The summed E-state index contributed by atoms with van der Waals surface area (Å²) in [6.45, 7) is 4.49. The van der Waals surface area contributed by atoms with E-state index in [0.717, 1.165) is 4.90 Å². The van der Waals surface area contributed by atoms with Crippen LogP contribution in [0.15, 0.2) is 23.4 Å². The molecule has 0 aromatic heterocycles. The van der Waals surface area contributed by atoms with Crippen LogP contribution < -0.4 is 0 Å². The summed E-state index contributed by atoms with van der Waals surface area (Å²) in [6, 6.07) is 0. The van der Waals surface area contributed by atoms with Gasteiger partial charge in [0.25, 0.3) is 11.8 Å². The van der Waals surface area contributed by atoms with Gasteiger partial charge in [0, 0.05) is 18.6 Å². The Hall–Kier alpha value is -1.71. The molecule has 0 aromatic rings. The molecule has 0 radical (unpaired) electrons. The van der Waals surface area contributed by atoms with Crippen LogP contribution in [-0.2, 0) is 14.4 Å². The second-order valence-corrected chi connectivity index (χ2v) is 3.04. The van der Waals surface area contributed by atoms with Crippen LogP contribution in [0, 0.1) is 0 Å². The van der Waals surface area contributed by atoms with Crippen LogP contribution in [0.25, 0.3) is 0 Å². The lowest BCUT2D eigenvalue weighted by molar-refractivity contribution is -0.137. The molecule has 1 rings (SSSR count). The fraction of sp³-hybridized carbons (Fsp3) is 0.300. The molecular formula is C10H11NO3. The third kappa shape index (κ3) is 1.51. The normalized spacial score (nSPS) is 17.5. The Balaban J connectivity index is 3.08. The number of rotatable bonds is 2. The second-order valence-electron chi connectivity index (χ2n) is 3.04. The van der Waals surface area contributed by atoms with E-state index in [1.54, 1.807) is 13.8 Å². The molecule has 0 N–H and O–H groups in total. The third-order valence-corrected chi connectivity index (χ3v) is 1.98. The molecule has 0 aliphatic carbocycles. The molecule has 0 saturated heterocycles. The molecule has 0 saturated carbocycles. The Morgan fingerprint density at radius 2 is 2.00 bits per heavy atom. The van der Waals surface area contributed by atoms with Crippen LogP contribution in [0.5, 0.6) is 0 Å². The molecule has 0 unspecified atom stereocenters. The van der Waals surface area contributed by atoms with Crippen LogP contribution in [0.1, 0.15) is 20.8 Å². The van der Waals surface area contributed by atoms with Crippen molar-refractivity contribution in [1.82, 2.24) is 4.90 Å². The first-order valence-corrected chi connectivity index (χ1v) is 4.23. The Bertz CT molecular complexity index is 377. The van der Waals surface area contributed by atoms with Crippen LogP contribution in [0.4, 0.5) is 0 Å². The quantitative estimate of drug-likeness (QED) is 0.481. The van der Waals surface area contributed by atoms with Gasteiger partial charge in [-0.2, -0.15) is 0 Å². The molecule has 0 bridgehead atoms. The van der Waals surface area contributed by atoms with Gasteiger partial charge in [0.2, 0.25) is 0 Å². The molecule has 74 valence electrons. The lowest BCUT2D eigenvalue weighted by Gasteiger charge is -2.15. The number of allylic oxidation sites excluding steroid dienone is 2. The van der Waals surface area contributed by atoms with Crippen LogP contribution >= 0.6 is 0 Å². The molecule has 0 aromatic carbocycles. The number of carbonyl (C=O) groups is 3. The van der Waals surface area contributed by atoms with Crippen molar-refractivity contribution in [3.8, 4) is 0 Å². The first-order valence-electron chi connectivity index (χ1n) is 4.23. The average molecular weight is 193 g/mol. The van der Waals surface area contributed by atoms with Gasteiger partial charge in [0.05, 0.1) is 5.70 Å². The molecule has 2 amide bonds. The largest absolute Gasteiger partial charge is 0.293 e. The van der Waals surface area contributed by atoms with E-state index in [9.17, 15) is 14.4 Å². The highest BCUT2D eigenvalue weighted by atomic mass is 16.2. The van der Waals surface area contributed by atoms with Gasteiger partial charge in [-0.3, -0.25) is 14.4 Å². The van der Waals surface area contributed by atoms with Crippen molar-refractivity contribution < 1.29 is 14.4 Å². The first-order chi connectivity index (χ1) is 6.49. The van der Waals surface area contributed by atoms with Gasteiger partial charge in [0.15, 0.2) is 5.78 Å². The second kappa shape index (κ2) is 3.57. The summed E-state index contributed by atoms with van der Waals surface area (Å²) in [5.74, 6) is -1.16. The number of nitrogens with zero attached hydrogens (tertiary/aromatic N) is 1. The number of Topliss-reactive ketones (excluding diaryl/α,β-unsaturated/α-hetero) is 1. The minimum atomic E-state index is -0.448.